The van der Waals surface area contributed by atoms with Crippen molar-refractivity contribution in [2.24, 2.45) is 0 Å². The number of para-hydroxylation sites is 1. The van der Waals surface area contributed by atoms with E-state index in [0.29, 0.717) is 12.1 Å². The number of hydrogen-bond acceptors (Lipinski definition) is 9. The van der Waals surface area contributed by atoms with E-state index in [1.165, 1.54) is 5.56 Å². The number of benzene rings is 3. The van der Waals surface area contributed by atoms with Crippen LogP contribution in [-0.4, -0.2) is 49.8 Å². The number of rotatable bonds is 7. The molecule has 2 atom stereocenters. The molecule has 1 N–H and O–H groups in total. The summed E-state index contributed by atoms with van der Waals surface area (Å²) in [5, 5.41) is 40.2. The van der Waals surface area contributed by atoms with E-state index in [1.807, 2.05) is 60.5 Å². The van der Waals surface area contributed by atoms with Crippen molar-refractivity contribution in [1.29, 1.82) is 0 Å². The van der Waals surface area contributed by atoms with Crippen LogP contribution >= 0.6 is 0 Å². The minimum atomic E-state index is -1.21. The molecule has 38 heavy (non-hydrogen) atoms. The molecule has 0 saturated carbocycles. The standard InChI is InChI=1S/C19H22N2O.C6H3N3O7/c1-15-13-18(20(2)14-16-9-5-3-6-10-16)19(22)21(15)17-11-7-4-8-12-17;10-6-4(8(13)14)1-3(7(11)12)2-5(6)9(15)16/h3-12,15,18H,13-14H2,1-2H3;1-2,10H/t15-,18-;/m0./s1. The maximum atomic E-state index is 12.8. The number of carbonyl (C=O) groups excluding carboxylic acids is 1. The molecule has 0 unspecified atom stereocenters. The van der Waals surface area contributed by atoms with Crippen molar-refractivity contribution >= 4 is 28.7 Å². The fraction of sp³-hybridized carbons (Fsp3) is 0.240. The van der Waals surface area contributed by atoms with Gasteiger partial charge in [-0.3, -0.25) is 40.0 Å². The zero-order chi connectivity index (χ0) is 28.0. The highest BCUT2D eigenvalue weighted by Gasteiger charge is 2.40. The molecule has 198 valence electrons. The van der Waals surface area contributed by atoms with Crippen LogP contribution in [0.15, 0.2) is 72.8 Å². The number of nitro groups is 3. The molecule has 0 aliphatic carbocycles. The van der Waals surface area contributed by atoms with Crippen LogP contribution < -0.4 is 4.90 Å². The van der Waals surface area contributed by atoms with Crippen molar-refractivity contribution in [2.45, 2.75) is 32.0 Å². The number of amides is 1. The van der Waals surface area contributed by atoms with Crippen molar-refractivity contribution in [3.8, 4) is 5.75 Å². The molecule has 3 aromatic rings. The highest BCUT2D eigenvalue weighted by atomic mass is 16.6. The fourth-order valence-electron chi connectivity index (χ4n) is 4.20. The van der Waals surface area contributed by atoms with Gasteiger partial charge in [-0.1, -0.05) is 48.5 Å². The molecule has 0 radical (unpaired) electrons. The minimum Gasteiger partial charge on any atom is -0.497 e. The summed E-state index contributed by atoms with van der Waals surface area (Å²) in [5.41, 5.74) is -0.766. The van der Waals surface area contributed by atoms with E-state index < -0.39 is 37.6 Å². The first-order valence-corrected chi connectivity index (χ1v) is 11.4. The van der Waals surface area contributed by atoms with Crippen LogP contribution in [0, 0.1) is 30.3 Å². The van der Waals surface area contributed by atoms with Gasteiger partial charge in [0.1, 0.15) is 0 Å². The molecule has 13 nitrogen and oxygen atoms in total. The predicted molar refractivity (Wildman–Crippen MR) is 138 cm³/mol. The van der Waals surface area contributed by atoms with Gasteiger partial charge in [0.25, 0.3) is 11.4 Å². The van der Waals surface area contributed by atoms with Crippen LogP contribution in [0.25, 0.3) is 0 Å². The van der Waals surface area contributed by atoms with Crippen LogP contribution in [0.2, 0.25) is 0 Å². The second-order valence-corrected chi connectivity index (χ2v) is 8.65. The number of non-ortho nitro benzene ring substituents is 1. The van der Waals surface area contributed by atoms with Gasteiger partial charge in [-0.25, -0.2) is 0 Å². The summed E-state index contributed by atoms with van der Waals surface area (Å²) in [6.07, 6.45) is 0.872. The largest absolute Gasteiger partial charge is 0.497 e. The van der Waals surface area contributed by atoms with Gasteiger partial charge in [-0.05, 0) is 38.1 Å². The van der Waals surface area contributed by atoms with Crippen LogP contribution in [0.4, 0.5) is 22.7 Å². The first kappa shape index (κ1) is 27.7. The number of likely N-dealkylation sites (N-methyl/N-ethyl adjacent to an activating group) is 1. The Morgan fingerprint density at radius 1 is 0.895 bits per heavy atom. The second-order valence-electron chi connectivity index (χ2n) is 8.65. The van der Waals surface area contributed by atoms with E-state index in [0.717, 1.165) is 18.7 Å². The number of nitrogens with zero attached hydrogens (tertiary/aromatic N) is 5. The van der Waals surface area contributed by atoms with Gasteiger partial charge in [0.2, 0.25) is 5.91 Å². The van der Waals surface area contributed by atoms with Gasteiger partial charge < -0.3 is 10.0 Å². The molecule has 4 rings (SSSR count). The lowest BCUT2D eigenvalue weighted by molar-refractivity contribution is -0.404. The summed E-state index contributed by atoms with van der Waals surface area (Å²) in [7, 11) is 2.04. The molecule has 1 aliphatic heterocycles. The molecule has 0 spiro atoms. The Morgan fingerprint density at radius 2 is 1.39 bits per heavy atom. The van der Waals surface area contributed by atoms with Crippen LogP contribution in [0.1, 0.15) is 18.9 Å². The number of aromatic hydroxyl groups is 1. The van der Waals surface area contributed by atoms with E-state index >= 15 is 0 Å². The minimum absolute atomic E-state index is 0.0459. The number of hydrogen-bond donors (Lipinski definition) is 1. The number of phenolic OH excluding ortho intramolecular Hbond substituents is 1. The van der Waals surface area contributed by atoms with Gasteiger partial charge in [-0.2, -0.15) is 0 Å². The van der Waals surface area contributed by atoms with Crippen molar-refractivity contribution < 1.29 is 24.7 Å². The zero-order valence-electron chi connectivity index (χ0n) is 20.5. The van der Waals surface area contributed by atoms with E-state index in [-0.39, 0.29) is 18.0 Å². The summed E-state index contributed by atoms with van der Waals surface area (Å²) >= 11 is 0. The Morgan fingerprint density at radius 3 is 1.87 bits per heavy atom. The van der Waals surface area contributed by atoms with Crippen LogP contribution in [0.5, 0.6) is 5.75 Å². The van der Waals surface area contributed by atoms with E-state index in [4.69, 9.17) is 5.11 Å². The zero-order valence-corrected chi connectivity index (χ0v) is 20.5. The molecule has 1 aliphatic rings. The average Bonchev–Trinajstić information content (AvgIpc) is 3.19. The Balaban J connectivity index is 0.000000223. The van der Waals surface area contributed by atoms with Gasteiger partial charge in [-0.15, -0.1) is 0 Å². The molecule has 1 saturated heterocycles. The Hall–Kier alpha value is -4.91. The molecular weight excluding hydrogens is 498 g/mol. The smallest absolute Gasteiger partial charge is 0.324 e. The van der Waals surface area contributed by atoms with Gasteiger partial charge in [0.15, 0.2) is 0 Å². The molecule has 1 heterocycles. The van der Waals surface area contributed by atoms with Gasteiger partial charge in [0, 0.05) is 18.3 Å². The fourth-order valence-corrected chi connectivity index (χ4v) is 4.20. The third kappa shape index (κ3) is 6.25. The third-order valence-electron chi connectivity index (χ3n) is 6.03. The van der Waals surface area contributed by atoms with Gasteiger partial charge >= 0.3 is 11.4 Å². The van der Waals surface area contributed by atoms with E-state index in [2.05, 4.69) is 24.0 Å². The third-order valence-corrected chi connectivity index (χ3v) is 6.03. The first-order chi connectivity index (χ1) is 18.0. The number of phenols is 1. The predicted octanol–water partition coefficient (Wildman–Crippen LogP) is 4.43. The first-order valence-electron chi connectivity index (χ1n) is 11.4. The Kier molecular flexibility index (Phi) is 8.65. The molecule has 3 aromatic carbocycles. The van der Waals surface area contributed by atoms with Crippen molar-refractivity contribution in [3.05, 3.63) is 109 Å². The lowest BCUT2D eigenvalue weighted by Crippen LogP contribution is -2.39. The van der Waals surface area contributed by atoms with E-state index in [9.17, 15) is 35.1 Å². The maximum absolute atomic E-state index is 12.8. The Bertz CT molecular complexity index is 1300. The molecule has 0 aromatic heterocycles. The van der Waals surface area contributed by atoms with E-state index in [1.54, 1.807) is 0 Å². The number of nitro benzene ring substituents is 3. The average molecular weight is 524 g/mol. The number of carbonyl (C=O) groups is 1. The molecule has 1 fully saturated rings. The molecule has 0 bridgehead atoms. The second kappa shape index (κ2) is 11.9. The van der Waals surface area contributed by atoms with Crippen molar-refractivity contribution in [2.75, 3.05) is 11.9 Å². The van der Waals surface area contributed by atoms with Gasteiger partial charge in [0.05, 0.1) is 32.9 Å². The SMILES string of the molecule is C[C@H]1C[C@H](N(C)Cc2ccccc2)C(=O)N1c1ccccc1.O=[N+]([O-])c1cc([N+](=O)[O-])c(O)c([N+](=O)[O-])c1. The summed E-state index contributed by atoms with van der Waals surface area (Å²) in [5.74, 6) is -1.00. The van der Waals surface area contributed by atoms with Crippen LogP contribution in [0.3, 0.4) is 0 Å². The topological polar surface area (TPSA) is 173 Å². The summed E-state index contributed by atoms with van der Waals surface area (Å²) < 4.78 is 0. The van der Waals surface area contributed by atoms with Crippen LogP contribution in [-0.2, 0) is 11.3 Å². The molecular formula is C25H25N5O8. The van der Waals surface area contributed by atoms with Crippen molar-refractivity contribution in [1.82, 2.24) is 4.90 Å². The van der Waals surface area contributed by atoms with Crippen molar-refractivity contribution in [3.63, 3.8) is 0 Å². The highest BCUT2D eigenvalue weighted by molar-refractivity contribution is 6.00. The summed E-state index contributed by atoms with van der Waals surface area (Å²) in [4.78, 5) is 44.7. The summed E-state index contributed by atoms with van der Waals surface area (Å²) in [6, 6.07) is 21.4. The summed E-state index contributed by atoms with van der Waals surface area (Å²) in [6.45, 7) is 2.92. The maximum Gasteiger partial charge on any atom is 0.324 e. The quantitative estimate of drug-likeness (QED) is 0.347. The molecule has 1 amide bonds. The normalized spacial score (nSPS) is 16.6. The monoisotopic (exact) mass is 523 g/mol. The number of anilines is 1. The lowest BCUT2D eigenvalue weighted by Gasteiger charge is -2.24. The lowest BCUT2D eigenvalue weighted by atomic mass is 10.1. The molecule has 13 heteroatoms. The Labute approximate surface area is 217 Å². The highest BCUT2D eigenvalue weighted by Crippen LogP contribution is 2.39.